The molecular formula is C48H43IrN5OSi-2. The summed E-state index contributed by atoms with van der Waals surface area (Å²) in [4.78, 5) is 19.2. The predicted octanol–water partition coefficient (Wildman–Crippen LogP) is 11.4. The first kappa shape index (κ1) is 38.7. The first-order valence-electron chi connectivity index (χ1n) is 18.8. The molecule has 5 aromatic heterocycles. The third kappa shape index (κ3) is 7.91. The van der Waals surface area contributed by atoms with Crippen LogP contribution in [0.15, 0.2) is 138 Å². The van der Waals surface area contributed by atoms with Gasteiger partial charge < -0.3 is 19.0 Å². The molecule has 56 heavy (non-hydrogen) atoms. The number of nitrogens with zero attached hydrogens (tertiary/aromatic N) is 5. The molecule has 9 rings (SSSR count). The normalized spacial score (nSPS) is 11.5. The van der Waals surface area contributed by atoms with Crippen LogP contribution in [0.25, 0.3) is 66.9 Å². The van der Waals surface area contributed by atoms with Crippen molar-refractivity contribution in [3.05, 3.63) is 163 Å². The Hall–Kier alpha value is -5.53. The Morgan fingerprint density at radius 2 is 1.52 bits per heavy atom. The summed E-state index contributed by atoms with van der Waals surface area (Å²) in [6.07, 6.45) is 5.86. The third-order valence-electron chi connectivity index (χ3n) is 9.92. The van der Waals surface area contributed by atoms with E-state index in [0.717, 1.165) is 61.4 Å². The van der Waals surface area contributed by atoms with Gasteiger partial charge in [-0.2, -0.15) is 0 Å². The second-order valence-electron chi connectivity index (χ2n) is 15.3. The van der Waals surface area contributed by atoms with Gasteiger partial charge in [-0.1, -0.05) is 130 Å². The Kier molecular flexibility index (Phi) is 11.3. The topological polar surface area (TPSA) is 69.6 Å². The molecule has 0 saturated heterocycles. The maximum Gasteiger partial charge on any atom is 0.125 e. The Morgan fingerprint density at radius 3 is 2.23 bits per heavy atom. The molecular weight excluding hydrogens is 883 g/mol. The molecule has 0 spiro atoms. The van der Waals surface area contributed by atoms with Crippen LogP contribution in [0.3, 0.4) is 0 Å². The van der Waals surface area contributed by atoms with Gasteiger partial charge in [0.2, 0.25) is 0 Å². The number of fused-ring (bicyclic) bond motifs is 4. The molecule has 0 saturated carbocycles. The van der Waals surface area contributed by atoms with E-state index in [1.165, 1.54) is 21.9 Å². The van der Waals surface area contributed by atoms with E-state index >= 15 is 0 Å². The molecule has 0 amide bonds. The van der Waals surface area contributed by atoms with Crippen molar-refractivity contribution in [3.8, 4) is 33.8 Å². The van der Waals surface area contributed by atoms with Crippen LogP contribution in [0, 0.1) is 19.1 Å². The second kappa shape index (κ2) is 16.3. The number of pyridine rings is 3. The minimum atomic E-state index is -1.46. The van der Waals surface area contributed by atoms with Crippen molar-refractivity contribution in [2.75, 3.05) is 0 Å². The summed E-state index contributed by atoms with van der Waals surface area (Å²) in [5.74, 6) is 1.14. The van der Waals surface area contributed by atoms with E-state index < -0.39 is 8.07 Å². The Morgan fingerprint density at radius 1 is 0.768 bits per heavy atom. The van der Waals surface area contributed by atoms with Gasteiger partial charge in [-0.3, -0.25) is 9.97 Å². The molecule has 0 aliphatic carbocycles. The van der Waals surface area contributed by atoms with Crippen LogP contribution in [-0.2, 0) is 26.7 Å². The molecule has 0 fully saturated rings. The molecule has 0 bridgehead atoms. The molecule has 6 nitrogen and oxygen atoms in total. The van der Waals surface area contributed by atoms with Crippen LogP contribution in [-0.4, -0.2) is 32.6 Å². The molecule has 0 N–H and O–H groups in total. The number of aromatic nitrogens is 5. The molecule has 1 radical (unpaired) electrons. The molecule has 0 unspecified atom stereocenters. The zero-order chi connectivity index (χ0) is 38.1. The number of aryl methyl sites for hydroxylation is 1. The smallest absolute Gasteiger partial charge is 0.125 e. The van der Waals surface area contributed by atoms with Crippen LogP contribution in [0.1, 0.15) is 36.6 Å². The van der Waals surface area contributed by atoms with Gasteiger partial charge in [0.1, 0.15) is 5.58 Å². The standard InChI is InChI=1S/C28H23N4O.C20H20NSi.Ir/c1-17(2)21-13-22-23(15-29-21)32(16-19-9-5-4-6-10-19)28(31-22)20-12-25-27(30-14-20)26-18(3)8-7-11-24(26)33-25;1-22(2,3)20-15-21-19(17-12-8-5-9-13-17)14-18(20)16-10-6-4-7-11-16;/h4-11,13-15,17H,16H2,1-3H3;4-12,14-15H,1-3H3;/q2*-1;. The summed E-state index contributed by atoms with van der Waals surface area (Å²) >= 11 is 0. The van der Waals surface area contributed by atoms with Crippen LogP contribution >= 0.6 is 0 Å². The number of imidazole rings is 1. The number of hydrogen-bond acceptors (Lipinski definition) is 5. The first-order valence-corrected chi connectivity index (χ1v) is 22.3. The van der Waals surface area contributed by atoms with Crippen LogP contribution < -0.4 is 5.19 Å². The van der Waals surface area contributed by atoms with Crippen molar-refractivity contribution in [2.24, 2.45) is 0 Å². The predicted molar refractivity (Wildman–Crippen MR) is 228 cm³/mol. The molecule has 281 valence electrons. The van der Waals surface area contributed by atoms with Crippen LogP contribution in [0.5, 0.6) is 0 Å². The van der Waals surface area contributed by atoms with E-state index in [2.05, 4.69) is 142 Å². The summed E-state index contributed by atoms with van der Waals surface area (Å²) in [6.45, 7) is 14.1. The van der Waals surface area contributed by atoms with Gasteiger partial charge in [0.05, 0.1) is 36.7 Å². The summed E-state index contributed by atoms with van der Waals surface area (Å²) in [7, 11) is -1.46. The summed E-state index contributed by atoms with van der Waals surface area (Å²) in [6, 6.07) is 46.1. The van der Waals surface area contributed by atoms with Gasteiger partial charge >= 0.3 is 0 Å². The maximum absolute atomic E-state index is 6.11. The zero-order valence-electron chi connectivity index (χ0n) is 32.5. The summed E-state index contributed by atoms with van der Waals surface area (Å²) < 4.78 is 8.30. The quantitative estimate of drug-likeness (QED) is 0.118. The van der Waals surface area contributed by atoms with E-state index in [0.29, 0.717) is 18.0 Å². The molecule has 5 heterocycles. The van der Waals surface area contributed by atoms with Gasteiger partial charge in [0.15, 0.2) is 0 Å². The molecule has 0 aliphatic rings. The second-order valence-corrected chi connectivity index (χ2v) is 20.3. The fraction of sp³-hybridized carbons (Fsp3) is 0.167. The number of rotatable bonds is 7. The molecule has 9 aromatic rings. The average molecular weight is 926 g/mol. The largest absolute Gasteiger partial charge is 0.475 e. The van der Waals surface area contributed by atoms with E-state index in [4.69, 9.17) is 24.4 Å². The van der Waals surface area contributed by atoms with E-state index in [-0.39, 0.29) is 20.1 Å². The third-order valence-corrected chi connectivity index (χ3v) is 11.9. The van der Waals surface area contributed by atoms with Crippen LogP contribution in [0.2, 0.25) is 19.6 Å². The molecule has 8 heteroatoms. The SMILES string of the molecule is C[Si](C)(C)c1cnc(-c2[c-]cccc2)cc1-c1ccccc1.Cc1cccc2oc3[c-]c(-c4nc5cc(C(C)C)ncc5n4Cc4ccccc4)cnc3c12.[Ir]. The Balaban J connectivity index is 0.000000183. The molecule has 0 atom stereocenters. The van der Waals surface area contributed by atoms with Crippen molar-refractivity contribution < 1.29 is 24.5 Å². The number of benzene rings is 4. The molecule has 4 aromatic carbocycles. The van der Waals surface area contributed by atoms with Gasteiger partial charge in [0, 0.05) is 49.4 Å². The number of furan rings is 1. The van der Waals surface area contributed by atoms with Crippen molar-refractivity contribution in [1.82, 2.24) is 24.5 Å². The monoisotopic (exact) mass is 926 g/mol. The Labute approximate surface area is 343 Å². The summed E-state index contributed by atoms with van der Waals surface area (Å²) in [5.41, 5.74) is 13.0. The van der Waals surface area contributed by atoms with Crippen LogP contribution in [0.4, 0.5) is 0 Å². The fourth-order valence-corrected chi connectivity index (χ4v) is 8.48. The van der Waals surface area contributed by atoms with Gasteiger partial charge in [-0.25, -0.2) is 0 Å². The fourth-order valence-electron chi connectivity index (χ4n) is 7.00. The van der Waals surface area contributed by atoms with Crippen molar-refractivity contribution >= 4 is 46.4 Å². The van der Waals surface area contributed by atoms with Gasteiger partial charge in [0.25, 0.3) is 0 Å². The zero-order valence-corrected chi connectivity index (χ0v) is 35.9. The van der Waals surface area contributed by atoms with Crippen molar-refractivity contribution in [1.29, 1.82) is 0 Å². The average Bonchev–Trinajstić information content (AvgIpc) is 3.76. The first-order chi connectivity index (χ1) is 26.6. The number of hydrogen-bond donors (Lipinski definition) is 0. The van der Waals surface area contributed by atoms with Gasteiger partial charge in [-0.15, -0.1) is 35.9 Å². The minimum Gasteiger partial charge on any atom is -0.475 e. The maximum atomic E-state index is 6.11. The molecule has 0 aliphatic heterocycles. The van der Waals surface area contributed by atoms with Crippen molar-refractivity contribution in [2.45, 2.75) is 52.9 Å². The summed E-state index contributed by atoms with van der Waals surface area (Å²) in [5, 5.41) is 2.44. The van der Waals surface area contributed by atoms with Gasteiger partial charge in [-0.05, 0) is 58.1 Å². The van der Waals surface area contributed by atoms with E-state index in [9.17, 15) is 0 Å². The van der Waals surface area contributed by atoms with E-state index in [1.54, 1.807) is 0 Å². The Bertz CT molecular complexity index is 2760. The van der Waals surface area contributed by atoms with Crippen molar-refractivity contribution in [3.63, 3.8) is 0 Å². The van der Waals surface area contributed by atoms with E-state index in [1.807, 2.05) is 48.8 Å². The minimum absolute atomic E-state index is 0.